The molecule has 0 bridgehead atoms. The third-order valence-corrected chi connectivity index (χ3v) is 4.01. The van der Waals surface area contributed by atoms with Crippen LogP contribution in [0.1, 0.15) is 12.5 Å². The van der Waals surface area contributed by atoms with Crippen LogP contribution in [0, 0.1) is 5.82 Å². The van der Waals surface area contributed by atoms with Gasteiger partial charge in [0.25, 0.3) is 0 Å². The lowest BCUT2D eigenvalue weighted by molar-refractivity contribution is -0.123. The zero-order valence-corrected chi connectivity index (χ0v) is 15.6. The molecule has 0 unspecified atom stereocenters. The number of amides is 2. The summed E-state index contributed by atoms with van der Waals surface area (Å²) in [4.78, 5) is 25.7. The number of benzene rings is 2. The topological polar surface area (TPSA) is 67.9 Å². The number of halogens is 1. The maximum Gasteiger partial charge on any atom is 0.240 e. The quantitative estimate of drug-likeness (QED) is 0.771. The third-order valence-electron chi connectivity index (χ3n) is 4.01. The summed E-state index contributed by atoms with van der Waals surface area (Å²) in [6.45, 7) is 1.63. The Morgan fingerprint density at radius 3 is 2.37 bits per heavy atom. The second-order valence-corrected chi connectivity index (χ2v) is 5.87. The Morgan fingerprint density at radius 1 is 1.07 bits per heavy atom. The fourth-order valence-corrected chi connectivity index (χ4v) is 2.57. The number of methoxy groups -OCH3 is 2. The van der Waals surface area contributed by atoms with Crippen LogP contribution in [-0.2, 0) is 16.0 Å². The van der Waals surface area contributed by atoms with Crippen LogP contribution in [0.4, 0.5) is 10.1 Å². The molecule has 6 nitrogen and oxygen atoms in total. The van der Waals surface area contributed by atoms with Crippen LogP contribution in [0.2, 0.25) is 0 Å². The van der Waals surface area contributed by atoms with Crippen molar-refractivity contribution < 1.29 is 23.5 Å². The van der Waals surface area contributed by atoms with E-state index in [0.29, 0.717) is 30.2 Å². The first-order valence-electron chi connectivity index (χ1n) is 8.46. The van der Waals surface area contributed by atoms with Gasteiger partial charge in [-0.25, -0.2) is 4.39 Å². The van der Waals surface area contributed by atoms with Gasteiger partial charge in [-0.1, -0.05) is 12.1 Å². The van der Waals surface area contributed by atoms with Crippen molar-refractivity contribution in [3.8, 4) is 11.5 Å². The summed E-state index contributed by atoms with van der Waals surface area (Å²) in [7, 11) is 3.02. The first-order valence-corrected chi connectivity index (χ1v) is 8.46. The number of rotatable bonds is 8. The molecular weight excluding hydrogens is 351 g/mol. The van der Waals surface area contributed by atoms with Gasteiger partial charge in [0.15, 0.2) is 0 Å². The van der Waals surface area contributed by atoms with Gasteiger partial charge in [-0.05, 0) is 36.2 Å². The van der Waals surface area contributed by atoms with Gasteiger partial charge in [0.05, 0.1) is 19.9 Å². The molecule has 0 heterocycles. The number of hydrogen-bond donors (Lipinski definition) is 1. The summed E-state index contributed by atoms with van der Waals surface area (Å²) in [5, 5.41) is 2.77. The normalized spacial score (nSPS) is 10.2. The van der Waals surface area contributed by atoms with Crippen LogP contribution >= 0.6 is 0 Å². The van der Waals surface area contributed by atoms with Crippen LogP contribution in [-0.4, -0.2) is 39.1 Å². The van der Waals surface area contributed by atoms with Crippen molar-refractivity contribution >= 4 is 17.5 Å². The molecule has 0 aliphatic rings. The lowest BCUT2D eigenvalue weighted by Crippen LogP contribution is -2.40. The minimum atomic E-state index is -0.301. The predicted molar refractivity (Wildman–Crippen MR) is 101 cm³/mol. The average molecular weight is 374 g/mol. The fraction of sp³-hybridized carbons (Fsp3) is 0.300. The van der Waals surface area contributed by atoms with Crippen molar-refractivity contribution in [1.82, 2.24) is 5.32 Å². The summed E-state index contributed by atoms with van der Waals surface area (Å²) in [6, 6.07) is 11.1. The molecule has 0 saturated carbocycles. The van der Waals surface area contributed by atoms with Crippen molar-refractivity contribution in [2.75, 3.05) is 32.2 Å². The number of nitrogens with zero attached hydrogens (tertiary/aromatic N) is 1. The maximum atomic E-state index is 12.9. The Balaban J connectivity index is 2.00. The molecule has 0 radical (unpaired) electrons. The van der Waals surface area contributed by atoms with E-state index in [-0.39, 0.29) is 24.2 Å². The predicted octanol–water partition coefficient (Wildman–Crippen LogP) is 2.55. The molecule has 7 heteroatoms. The molecule has 1 N–H and O–H groups in total. The monoisotopic (exact) mass is 374 g/mol. The van der Waals surface area contributed by atoms with Gasteiger partial charge < -0.3 is 14.8 Å². The molecule has 0 aliphatic heterocycles. The van der Waals surface area contributed by atoms with Crippen molar-refractivity contribution in [3.63, 3.8) is 0 Å². The SMILES string of the molecule is COc1ccc(N(CC(=O)NCCc2ccc(F)cc2)C(C)=O)c(OC)c1. The highest BCUT2D eigenvalue weighted by atomic mass is 19.1. The van der Waals surface area contributed by atoms with Gasteiger partial charge in [-0.2, -0.15) is 0 Å². The van der Waals surface area contributed by atoms with Gasteiger partial charge in [0, 0.05) is 19.5 Å². The van der Waals surface area contributed by atoms with Crippen LogP contribution in [0.15, 0.2) is 42.5 Å². The average Bonchev–Trinajstić information content (AvgIpc) is 2.67. The molecule has 2 amide bonds. The van der Waals surface area contributed by atoms with Gasteiger partial charge >= 0.3 is 0 Å². The molecule has 144 valence electrons. The summed E-state index contributed by atoms with van der Waals surface area (Å²) < 4.78 is 23.4. The first kappa shape index (κ1) is 20.2. The summed E-state index contributed by atoms with van der Waals surface area (Å²) in [5.41, 5.74) is 1.40. The Morgan fingerprint density at radius 2 is 1.78 bits per heavy atom. The highest BCUT2D eigenvalue weighted by molar-refractivity contribution is 5.98. The van der Waals surface area contributed by atoms with Gasteiger partial charge in [-0.15, -0.1) is 0 Å². The van der Waals surface area contributed by atoms with Crippen LogP contribution < -0.4 is 19.7 Å². The van der Waals surface area contributed by atoms with Crippen LogP contribution in [0.25, 0.3) is 0 Å². The van der Waals surface area contributed by atoms with E-state index in [2.05, 4.69) is 5.32 Å². The zero-order chi connectivity index (χ0) is 19.8. The molecule has 0 saturated heterocycles. The Hall–Kier alpha value is -3.09. The Labute approximate surface area is 157 Å². The number of nitrogens with one attached hydrogen (secondary N) is 1. The molecule has 27 heavy (non-hydrogen) atoms. The lowest BCUT2D eigenvalue weighted by Gasteiger charge is -2.23. The maximum absolute atomic E-state index is 12.9. The third kappa shape index (κ3) is 5.70. The molecule has 0 fully saturated rings. The first-order chi connectivity index (χ1) is 12.9. The number of hydrogen-bond acceptors (Lipinski definition) is 4. The Bertz CT molecular complexity index is 793. The molecule has 2 rings (SSSR count). The lowest BCUT2D eigenvalue weighted by atomic mass is 10.1. The smallest absolute Gasteiger partial charge is 0.240 e. The Kier molecular flexibility index (Phi) is 7.16. The van der Waals surface area contributed by atoms with Crippen molar-refractivity contribution in [3.05, 3.63) is 53.8 Å². The van der Waals surface area contributed by atoms with E-state index < -0.39 is 0 Å². The fourth-order valence-electron chi connectivity index (χ4n) is 2.57. The van der Waals surface area contributed by atoms with Crippen molar-refractivity contribution in [2.24, 2.45) is 0 Å². The van der Waals surface area contributed by atoms with Crippen molar-refractivity contribution in [2.45, 2.75) is 13.3 Å². The molecule has 2 aromatic rings. The second-order valence-electron chi connectivity index (χ2n) is 5.87. The van der Waals surface area contributed by atoms with Gasteiger partial charge in [0.1, 0.15) is 23.9 Å². The van der Waals surface area contributed by atoms with Crippen LogP contribution in [0.3, 0.4) is 0 Å². The molecule has 0 aromatic heterocycles. The van der Waals surface area contributed by atoms with Crippen LogP contribution in [0.5, 0.6) is 11.5 Å². The van der Waals surface area contributed by atoms with E-state index in [1.807, 2.05) is 0 Å². The molecule has 0 spiro atoms. The largest absolute Gasteiger partial charge is 0.497 e. The van der Waals surface area contributed by atoms with E-state index in [4.69, 9.17) is 9.47 Å². The van der Waals surface area contributed by atoms with E-state index in [1.165, 1.54) is 38.2 Å². The summed E-state index contributed by atoms with van der Waals surface area (Å²) in [5.74, 6) is 0.136. The highest BCUT2D eigenvalue weighted by Crippen LogP contribution is 2.32. The van der Waals surface area contributed by atoms with Crippen molar-refractivity contribution in [1.29, 1.82) is 0 Å². The molecule has 2 aromatic carbocycles. The van der Waals surface area contributed by atoms with Gasteiger partial charge in [0.2, 0.25) is 11.8 Å². The second kappa shape index (κ2) is 9.56. The molecule has 0 aliphatic carbocycles. The number of ether oxygens (including phenoxy) is 2. The number of carbonyl (C=O) groups is 2. The summed E-state index contributed by atoms with van der Waals surface area (Å²) in [6.07, 6.45) is 0.567. The minimum absolute atomic E-state index is 0.137. The van der Waals surface area contributed by atoms with E-state index in [0.717, 1.165) is 5.56 Å². The van der Waals surface area contributed by atoms with Gasteiger partial charge in [-0.3, -0.25) is 14.5 Å². The molecular formula is C20H23FN2O4. The highest BCUT2D eigenvalue weighted by Gasteiger charge is 2.19. The number of anilines is 1. The van der Waals surface area contributed by atoms with E-state index >= 15 is 0 Å². The van der Waals surface area contributed by atoms with E-state index in [1.54, 1.807) is 30.3 Å². The standard InChI is InChI=1S/C20H23FN2O4/c1-14(24)23(18-9-8-17(26-2)12-19(18)27-3)13-20(25)22-11-10-15-4-6-16(21)7-5-15/h4-9,12H,10-11,13H2,1-3H3,(H,22,25). The number of carbonyl (C=O) groups excluding carboxylic acids is 2. The minimum Gasteiger partial charge on any atom is -0.497 e. The molecule has 0 atom stereocenters. The van der Waals surface area contributed by atoms with E-state index in [9.17, 15) is 14.0 Å². The zero-order valence-electron chi connectivity index (χ0n) is 15.6. The summed E-state index contributed by atoms with van der Waals surface area (Å²) >= 11 is 0.